The summed E-state index contributed by atoms with van der Waals surface area (Å²) in [6.45, 7) is 5.16. The third kappa shape index (κ3) is 5.35. The molecule has 2 aromatic carbocycles. The van der Waals surface area contributed by atoms with Crippen molar-refractivity contribution in [2.24, 2.45) is 0 Å². The molecule has 1 saturated heterocycles. The highest BCUT2D eigenvalue weighted by atomic mass is 16.1. The molecule has 132 valence electrons. The molecule has 1 fully saturated rings. The van der Waals surface area contributed by atoms with E-state index in [1.165, 1.54) is 42.7 Å². The van der Waals surface area contributed by atoms with Gasteiger partial charge in [0.2, 0.25) is 5.91 Å². The summed E-state index contributed by atoms with van der Waals surface area (Å²) in [6, 6.07) is 17.1. The van der Waals surface area contributed by atoms with Gasteiger partial charge in [0.25, 0.3) is 0 Å². The molecule has 0 aromatic heterocycles. The minimum Gasteiger partial charge on any atom is -0.372 e. The van der Waals surface area contributed by atoms with Crippen LogP contribution in [0.15, 0.2) is 48.5 Å². The Bertz CT molecular complexity index is 687. The number of benzene rings is 2. The van der Waals surface area contributed by atoms with Gasteiger partial charge in [0.05, 0.1) is 6.42 Å². The molecular formula is C22H28N2O. The highest BCUT2D eigenvalue weighted by Gasteiger charge is 2.11. The standard InChI is InChI=1S/C22H28N2O/c1-18-6-4-7-20(16-18)17-22(25)23-13-5-8-19-9-11-21(12-10-19)24-14-2-3-15-24/h4,6-7,9-12,16H,2-3,5,8,13-15,17H2,1H3,(H,23,25). The van der Waals surface area contributed by atoms with Crippen molar-refractivity contribution in [1.82, 2.24) is 5.32 Å². The van der Waals surface area contributed by atoms with E-state index in [1.54, 1.807) is 0 Å². The number of hydrogen-bond acceptors (Lipinski definition) is 2. The molecule has 1 aliphatic rings. The summed E-state index contributed by atoms with van der Waals surface area (Å²) in [4.78, 5) is 14.5. The average Bonchev–Trinajstić information content (AvgIpc) is 3.14. The minimum absolute atomic E-state index is 0.106. The van der Waals surface area contributed by atoms with Gasteiger partial charge in [-0.25, -0.2) is 0 Å². The smallest absolute Gasteiger partial charge is 0.224 e. The second-order valence-electron chi connectivity index (χ2n) is 6.98. The van der Waals surface area contributed by atoms with Gasteiger partial charge in [0, 0.05) is 25.3 Å². The monoisotopic (exact) mass is 336 g/mol. The highest BCUT2D eigenvalue weighted by Crippen LogP contribution is 2.20. The third-order valence-corrected chi connectivity index (χ3v) is 4.82. The summed E-state index contributed by atoms with van der Waals surface area (Å²) in [6.07, 6.45) is 5.06. The Kier molecular flexibility index (Phi) is 6.10. The lowest BCUT2D eigenvalue weighted by atomic mass is 10.1. The first-order chi connectivity index (χ1) is 12.2. The summed E-state index contributed by atoms with van der Waals surface area (Å²) < 4.78 is 0. The van der Waals surface area contributed by atoms with Gasteiger partial charge in [-0.1, -0.05) is 42.0 Å². The molecule has 0 aliphatic carbocycles. The second-order valence-corrected chi connectivity index (χ2v) is 6.98. The van der Waals surface area contributed by atoms with Gasteiger partial charge in [-0.05, 0) is 55.9 Å². The second kappa shape index (κ2) is 8.70. The molecule has 3 nitrogen and oxygen atoms in total. The molecule has 1 aliphatic heterocycles. The zero-order chi connectivity index (χ0) is 17.5. The van der Waals surface area contributed by atoms with Gasteiger partial charge in [-0.3, -0.25) is 4.79 Å². The van der Waals surface area contributed by atoms with E-state index in [2.05, 4.69) is 53.5 Å². The maximum Gasteiger partial charge on any atom is 0.224 e. The van der Waals surface area contributed by atoms with Gasteiger partial charge in [-0.2, -0.15) is 0 Å². The van der Waals surface area contributed by atoms with Crippen LogP contribution < -0.4 is 10.2 Å². The van der Waals surface area contributed by atoms with Crippen molar-refractivity contribution in [3.05, 3.63) is 65.2 Å². The van der Waals surface area contributed by atoms with E-state index in [9.17, 15) is 4.79 Å². The maximum atomic E-state index is 12.0. The quantitative estimate of drug-likeness (QED) is 0.778. The molecule has 0 atom stereocenters. The van der Waals surface area contributed by atoms with Crippen LogP contribution in [0.3, 0.4) is 0 Å². The van der Waals surface area contributed by atoms with Crippen LogP contribution in [0.25, 0.3) is 0 Å². The van der Waals surface area contributed by atoms with E-state index in [1.807, 2.05) is 12.1 Å². The Morgan fingerprint density at radius 3 is 2.52 bits per heavy atom. The van der Waals surface area contributed by atoms with Crippen molar-refractivity contribution in [1.29, 1.82) is 0 Å². The van der Waals surface area contributed by atoms with Crippen LogP contribution in [-0.2, 0) is 17.6 Å². The predicted molar refractivity (Wildman–Crippen MR) is 104 cm³/mol. The summed E-state index contributed by atoms with van der Waals surface area (Å²) >= 11 is 0. The van der Waals surface area contributed by atoms with Crippen molar-refractivity contribution in [3.63, 3.8) is 0 Å². The molecule has 2 aromatic rings. The van der Waals surface area contributed by atoms with Gasteiger partial charge in [0.15, 0.2) is 0 Å². The van der Waals surface area contributed by atoms with Crippen LogP contribution in [-0.4, -0.2) is 25.5 Å². The van der Waals surface area contributed by atoms with Crippen LogP contribution in [0, 0.1) is 6.92 Å². The van der Waals surface area contributed by atoms with E-state index in [0.29, 0.717) is 6.42 Å². The van der Waals surface area contributed by atoms with E-state index in [0.717, 1.165) is 24.9 Å². The first-order valence-electron chi connectivity index (χ1n) is 9.37. The minimum atomic E-state index is 0.106. The Hall–Kier alpha value is -2.29. The Balaban J connectivity index is 1.37. The number of nitrogens with zero attached hydrogens (tertiary/aromatic N) is 1. The summed E-state index contributed by atoms with van der Waals surface area (Å²) in [5.74, 6) is 0.106. The Morgan fingerprint density at radius 2 is 1.80 bits per heavy atom. The molecule has 3 rings (SSSR count). The maximum absolute atomic E-state index is 12.0. The van der Waals surface area contributed by atoms with E-state index in [-0.39, 0.29) is 5.91 Å². The summed E-state index contributed by atoms with van der Waals surface area (Å²) in [5.41, 5.74) is 4.96. The number of nitrogens with one attached hydrogen (secondary N) is 1. The molecular weight excluding hydrogens is 308 g/mol. The first kappa shape index (κ1) is 17.5. The predicted octanol–water partition coefficient (Wildman–Crippen LogP) is 3.89. The van der Waals surface area contributed by atoms with Gasteiger partial charge in [-0.15, -0.1) is 0 Å². The number of hydrogen-bond donors (Lipinski definition) is 1. The Labute approximate surface area is 151 Å². The van der Waals surface area contributed by atoms with Crippen LogP contribution in [0.5, 0.6) is 0 Å². The normalized spacial score (nSPS) is 13.9. The van der Waals surface area contributed by atoms with Crippen molar-refractivity contribution < 1.29 is 4.79 Å². The first-order valence-corrected chi connectivity index (χ1v) is 9.37. The molecule has 1 N–H and O–H groups in total. The molecule has 3 heteroatoms. The molecule has 1 heterocycles. The molecule has 0 radical (unpaired) electrons. The Morgan fingerprint density at radius 1 is 1.04 bits per heavy atom. The van der Waals surface area contributed by atoms with Crippen molar-refractivity contribution in [2.45, 2.75) is 39.0 Å². The third-order valence-electron chi connectivity index (χ3n) is 4.82. The summed E-state index contributed by atoms with van der Waals surface area (Å²) in [7, 11) is 0. The fraction of sp³-hybridized carbons (Fsp3) is 0.409. The van der Waals surface area contributed by atoms with Crippen LogP contribution in [0.2, 0.25) is 0 Å². The van der Waals surface area contributed by atoms with Crippen molar-refractivity contribution in [3.8, 4) is 0 Å². The van der Waals surface area contributed by atoms with Crippen LogP contribution >= 0.6 is 0 Å². The number of carbonyl (C=O) groups excluding carboxylic acids is 1. The number of aryl methyl sites for hydroxylation is 2. The fourth-order valence-electron chi connectivity index (χ4n) is 3.44. The number of anilines is 1. The van der Waals surface area contributed by atoms with Crippen LogP contribution in [0.4, 0.5) is 5.69 Å². The van der Waals surface area contributed by atoms with Crippen molar-refractivity contribution >= 4 is 11.6 Å². The lowest BCUT2D eigenvalue weighted by Gasteiger charge is -2.17. The lowest BCUT2D eigenvalue weighted by molar-refractivity contribution is -0.120. The van der Waals surface area contributed by atoms with Crippen molar-refractivity contribution in [2.75, 3.05) is 24.5 Å². The highest BCUT2D eigenvalue weighted by molar-refractivity contribution is 5.78. The largest absolute Gasteiger partial charge is 0.372 e. The van der Waals surface area contributed by atoms with Crippen LogP contribution in [0.1, 0.15) is 36.0 Å². The molecule has 0 unspecified atom stereocenters. The summed E-state index contributed by atoms with van der Waals surface area (Å²) in [5, 5.41) is 3.03. The molecule has 25 heavy (non-hydrogen) atoms. The topological polar surface area (TPSA) is 32.3 Å². The average molecular weight is 336 g/mol. The fourth-order valence-corrected chi connectivity index (χ4v) is 3.44. The lowest BCUT2D eigenvalue weighted by Crippen LogP contribution is -2.26. The van der Waals surface area contributed by atoms with E-state index >= 15 is 0 Å². The van der Waals surface area contributed by atoms with E-state index < -0.39 is 0 Å². The molecule has 0 saturated carbocycles. The van der Waals surface area contributed by atoms with Gasteiger partial charge in [0.1, 0.15) is 0 Å². The molecule has 0 spiro atoms. The zero-order valence-corrected chi connectivity index (χ0v) is 15.1. The number of amides is 1. The van der Waals surface area contributed by atoms with Gasteiger partial charge >= 0.3 is 0 Å². The SMILES string of the molecule is Cc1cccc(CC(=O)NCCCc2ccc(N3CCCC3)cc2)c1. The number of carbonyl (C=O) groups is 1. The van der Waals surface area contributed by atoms with Gasteiger partial charge < -0.3 is 10.2 Å². The molecule has 0 bridgehead atoms. The van der Waals surface area contributed by atoms with E-state index in [4.69, 9.17) is 0 Å². The zero-order valence-electron chi connectivity index (χ0n) is 15.1. The molecule has 1 amide bonds. The number of rotatable bonds is 7.